The fourth-order valence-corrected chi connectivity index (χ4v) is 5.37. The number of anilines is 1. The molecule has 0 aromatic heterocycles. The van der Waals surface area contributed by atoms with Crippen molar-refractivity contribution in [3.05, 3.63) is 124 Å². The fourth-order valence-electron chi connectivity index (χ4n) is 3.71. The molecule has 4 aromatic carbocycles. The molecule has 0 radical (unpaired) electrons. The largest absolute Gasteiger partial charge is 0.423 e. The highest BCUT2D eigenvalue weighted by atomic mass is 35.5. The molecule has 0 aliphatic heterocycles. The van der Waals surface area contributed by atoms with E-state index in [0.29, 0.717) is 15.6 Å². The zero-order chi connectivity index (χ0) is 28.4. The van der Waals surface area contributed by atoms with Gasteiger partial charge >= 0.3 is 5.97 Å². The lowest BCUT2D eigenvalue weighted by Crippen LogP contribution is -2.37. The molecular weight excluding hydrogens is 557 g/mol. The van der Waals surface area contributed by atoms with Gasteiger partial charge in [0.25, 0.3) is 15.9 Å². The van der Waals surface area contributed by atoms with Crippen LogP contribution in [0.2, 0.25) is 10.0 Å². The second-order valence-corrected chi connectivity index (χ2v) is 12.4. The van der Waals surface area contributed by atoms with E-state index in [9.17, 15) is 18.0 Å². The van der Waals surface area contributed by atoms with Crippen molar-refractivity contribution in [2.24, 2.45) is 0 Å². The van der Waals surface area contributed by atoms with Crippen molar-refractivity contribution in [1.29, 1.82) is 0 Å². The van der Waals surface area contributed by atoms with Crippen LogP contribution in [0.3, 0.4) is 0 Å². The Hall–Kier alpha value is -3.65. The lowest BCUT2D eigenvalue weighted by Gasteiger charge is -2.24. The van der Waals surface area contributed by atoms with Gasteiger partial charge in [-0.15, -0.1) is 0 Å². The average Bonchev–Trinajstić information content (AvgIpc) is 2.90. The van der Waals surface area contributed by atoms with Crippen LogP contribution >= 0.6 is 23.2 Å². The van der Waals surface area contributed by atoms with Crippen LogP contribution in [0, 0.1) is 0 Å². The Morgan fingerprint density at radius 2 is 1.18 bits per heavy atom. The Kier molecular flexibility index (Phi) is 8.16. The predicted octanol–water partition coefficient (Wildman–Crippen LogP) is 7.55. The Labute approximate surface area is 237 Å². The maximum Gasteiger partial charge on any atom is 0.343 e. The van der Waals surface area contributed by atoms with E-state index in [4.69, 9.17) is 27.9 Å². The number of nitrogens with zero attached hydrogens (tertiary/aromatic N) is 1. The summed E-state index contributed by atoms with van der Waals surface area (Å²) in [4.78, 5) is 26.0. The minimum atomic E-state index is -4.33. The van der Waals surface area contributed by atoms with Crippen LogP contribution in [0.15, 0.2) is 102 Å². The Morgan fingerprint density at radius 1 is 0.692 bits per heavy atom. The third-order valence-corrected chi connectivity index (χ3v) is 8.13. The zero-order valence-electron chi connectivity index (χ0n) is 21.4. The molecule has 4 aromatic rings. The first kappa shape index (κ1) is 28.4. The molecule has 0 unspecified atom stereocenters. The van der Waals surface area contributed by atoms with Gasteiger partial charge in [-0.3, -0.25) is 4.79 Å². The molecule has 200 valence electrons. The Balaban J connectivity index is 1.70. The van der Waals surface area contributed by atoms with Crippen LogP contribution in [0.1, 0.15) is 47.1 Å². The van der Waals surface area contributed by atoms with Gasteiger partial charge in [0.1, 0.15) is 5.75 Å². The van der Waals surface area contributed by atoms with Gasteiger partial charge in [-0.25, -0.2) is 13.2 Å². The Morgan fingerprint density at radius 3 is 1.67 bits per heavy atom. The first-order valence-electron chi connectivity index (χ1n) is 11.9. The molecule has 39 heavy (non-hydrogen) atoms. The van der Waals surface area contributed by atoms with E-state index in [0.717, 1.165) is 9.87 Å². The topological polar surface area (TPSA) is 80.8 Å². The summed E-state index contributed by atoms with van der Waals surface area (Å²) < 4.78 is 33.8. The molecule has 6 nitrogen and oxygen atoms in total. The molecule has 0 aliphatic carbocycles. The summed E-state index contributed by atoms with van der Waals surface area (Å²) in [5.74, 6) is -1.21. The van der Waals surface area contributed by atoms with E-state index in [1.165, 1.54) is 72.8 Å². The SMILES string of the molecule is CC(C)(C)c1ccc(S(=O)(=O)N(C(=O)c2ccc(Cl)cc2)c2ccc(OC(=O)c3ccc(Cl)cc3)cc2)cc1. The number of carbonyl (C=O) groups excluding carboxylic acids is 2. The van der Waals surface area contributed by atoms with Crippen molar-refractivity contribution < 1.29 is 22.7 Å². The number of halogens is 2. The van der Waals surface area contributed by atoms with E-state index in [1.54, 1.807) is 24.3 Å². The molecule has 0 bridgehead atoms. The van der Waals surface area contributed by atoms with Crippen molar-refractivity contribution in [2.45, 2.75) is 31.1 Å². The smallest absolute Gasteiger partial charge is 0.343 e. The minimum Gasteiger partial charge on any atom is -0.423 e. The van der Waals surface area contributed by atoms with Gasteiger partial charge in [0, 0.05) is 15.6 Å². The van der Waals surface area contributed by atoms with Crippen LogP contribution < -0.4 is 9.04 Å². The summed E-state index contributed by atoms with van der Waals surface area (Å²) in [6.45, 7) is 6.07. The van der Waals surface area contributed by atoms with Crippen molar-refractivity contribution >= 4 is 50.8 Å². The van der Waals surface area contributed by atoms with Crippen LogP contribution in [0.4, 0.5) is 5.69 Å². The minimum absolute atomic E-state index is 0.0453. The first-order valence-corrected chi connectivity index (χ1v) is 14.1. The molecule has 0 saturated carbocycles. The van der Waals surface area contributed by atoms with Crippen molar-refractivity contribution in [1.82, 2.24) is 0 Å². The molecule has 0 fully saturated rings. The summed E-state index contributed by atoms with van der Waals surface area (Å²) in [6, 6.07) is 24.2. The van der Waals surface area contributed by atoms with Gasteiger partial charge < -0.3 is 4.74 Å². The van der Waals surface area contributed by atoms with E-state index >= 15 is 0 Å². The maximum absolute atomic E-state index is 13.8. The summed E-state index contributed by atoms with van der Waals surface area (Å²) in [7, 11) is -4.33. The summed E-state index contributed by atoms with van der Waals surface area (Å²) >= 11 is 11.8. The second kappa shape index (κ2) is 11.2. The van der Waals surface area contributed by atoms with Crippen molar-refractivity contribution in [3.63, 3.8) is 0 Å². The van der Waals surface area contributed by atoms with Gasteiger partial charge in [0.05, 0.1) is 16.1 Å². The van der Waals surface area contributed by atoms with Gasteiger partial charge in [0.15, 0.2) is 0 Å². The summed E-state index contributed by atoms with van der Waals surface area (Å²) in [5.41, 5.74) is 1.27. The van der Waals surface area contributed by atoms with Crippen molar-refractivity contribution in [2.75, 3.05) is 4.31 Å². The molecule has 0 heterocycles. The molecule has 9 heteroatoms. The summed E-state index contributed by atoms with van der Waals surface area (Å²) in [5, 5.41) is 0.890. The quantitative estimate of drug-likeness (QED) is 0.173. The highest BCUT2D eigenvalue weighted by Crippen LogP contribution is 2.30. The zero-order valence-corrected chi connectivity index (χ0v) is 23.7. The lowest BCUT2D eigenvalue weighted by atomic mass is 9.87. The summed E-state index contributed by atoms with van der Waals surface area (Å²) in [6.07, 6.45) is 0. The molecule has 0 aliphatic rings. The number of rotatable bonds is 6. The molecular formula is C30H25Cl2NO5S. The van der Waals surface area contributed by atoms with Crippen LogP contribution in [0.5, 0.6) is 5.75 Å². The van der Waals surface area contributed by atoms with E-state index < -0.39 is 21.9 Å². The number of sulfonamides is 1. The molecule has 0 atom stereocenters. The number of benzene rings is 4. The van der Waals surface area contributed by atoms with Gasteiger partial charge in [0.2, 0.25) is 0 Å². The van der Waals surface area contributed by atoms with Gasteiger partial charge in [-0.2, -0.15) is 4.31 Å². The molecule has 0 spiro atoms. The number of hydrogen-bond donors (Lipinski definition) is 0. The predicted molar refractivity (Wildman–Crippen MR) is 153 cm³/mol. The normalized spacial score (nSPS) is 11.6. The number of carbonyl (C=O) groups is 2. The van der Waals surface area contributed by atoms with Gasteiger partial charge in [-0.1, -0.05) is 56.1 Å². The monoisotopic (exact) mass is 581 g/mol. The number of hydrogen-bond acceptors (Lipinski definition) is 5. The lowest BCUT2D eigenvalue weighted by molar-refractivity contribution is 0.0734. The van der Waals surface area contributed by atoms with E-state index in [2.05, 4.69) is 0 Å². The molecule has 4 rings (SSSR count). The Bertz CT molecular complexity index is 1590. The average molecular weight is 583 g/mol. The maximum atomic E-state index is 13.8. The van der Waals surface area contributed by atoms with Crippen LogP contribution in [-0.2, 0) is 15.4 Å². The number of amides is 1. The standard InChI is InChI=1S/C30H25Cl2NO5S/c1-30(2,3)22-8-18-27(19-9-22)39(36,37)33(28(34)20-4-10-23(31)11-5-20)25-14-16-26(17-15-25)38-29(35)21-6-12-24(32)13-7-21/h4-19H,1-3H3. The van der Waals surface area contributed by atoms with Crippen LogP contribution in [-0.4, -0.2) is 20.3 Å². The third kappa shape index (κ3) is 6.50. The number of ether oxygens (including phenoxy) is 1. The van der Waals surface area contributed by atoms with E-state index in [-0.39, 0.29) is 27.3 Å². The molecule has 1 amide bonds. The van der Waals surface area contributed by atoms with Crippen molar-refractivity contribution in [3.8, 4) is 5.75 Å². The van der Waals surface area contributed by atoms with E-state index in [1.807, 2.05) is 20.8 Å². The van der Waals surface area contributed by atoms with Gasteiger partial charge in [-0.05, 0) is 95.9 Å². The highest BCUT2D eigenvalue weighted by Gasteiger charge is 2.32. The third-order valence-electron chi connectivity index (χ3n) is 5.90. The molecule has 0 N–H and O–H groups in total. The second-order valence-electron chi connectivity index (χ2n) is 9.75. The highest BCUT2D eigenvalue weighted by molar-refractivity contribution is 7.93. The molecule has 0 saturated heterocycles. The van der Waals surface area contributed by atoms with Crippen LogP contribution in [0.25, 0.3) is 0 Å². The fraction of sp³-hybridized carbons (Fsp3) is 0.133. The first-order chi connectivity index (χ1) is 18.4. The number of esters is 1.